The zero-order chi connectivity index (χ0) is 22.6. The Morgan fingerprint density at radius 2 is 2.12 bits per heavy atom. The van der Waals surface area contributed by atoms with Gasteiger partial charge in [0.15, 0.2) is 11.6 Å². The fraction of sp³-hybridized carbons (Fsp3) is 0.545. The first-order chi connectivity index (χ1) is 15.5. The summed E-state index contributed by atoms with van der Waals surface area (Å²) < 4.78 is 38.4. The Balaban J connectivity index is 1.68. The lowest BCUT2D eigenvalue weighted by Crippen LogP contribution is -2.36. The summed E-state index contributed by atoms with van der Waals surface area (Å²) in [6.45, 7) is 3.14. The maximum Gasteiger partial charge on any atom is 0.271 e. The van der Waals surface area contributed by atoms with Crippen molar-refractivity contribution >= 4 is 38.3 Å². The molecule has 0 unspecified atom stereocenters. The lowest BCUT2D eigenvalue weighted by molar-refractivity contribution is 0.373. The van der Waals surface area contributed by atoms with E-state index in [-0.39, 0.29) is 28.8 Å². The predicted octanol–water partition coefficient (Wildman–Crippen LogP) is 3.16. The number of nitrogens with one attached hydrogen (secondary N) is 2. The Morgan fingerprint density at radius 1 is 1.34 bits per heavy atom. The summed E-state index contributed by atoms with van der Waals surface area (Å²) >= 11 is 1.13. The first kappa shape index (κ1) is 21.4. The van der Waals surface area contributed by atoms with Crippen molar-refractivity contribution in [3.8, 4) is 5.75 Å². The van der Waals surface area contributed by atoms with E-state index in [2.05, 4.69) is 9.69 Å². The highest BCUT2D eigenvalue weighted by Gasteiger charge is 2.35. The zero-order valence-corrected chi connectivity index (χ0v) is 18.9. The normalized spacial score (nSPS) is 19.9. The van der Waals surface area contributed by atoms with Crippen LogP contribution in [0.4, 0.5) is 14.5 Å². The number of rotatable bonds is 7. The van der Waals surface area contributed by atoms with E-state index in [1.165, 1.54) is 13.2 Å². The summed E-state index contributed by atoms with van der Waals surface area (Å²) in [4.78, 5) is 28.0. The van der Waals surface area contributed by atoms with E-state index in [0.29, 0.717) is 41.4 Å². The Bertz CT molecular complexity index is 1300. The smallest absolute Gasteiger partial charge is 0.271 e. The molecule has 32 heavy (non-hydrogen) atoms. The molecule has 2 aliphatic rings. The molecule has 1 aromatic carbocycles. The molecular formula is C22H26F2N4O3S. The number of alkyl halides is 1. The largest absolute Gasteiger partial charge is 0.492 e. The van der Waals surface area contributed by atoms with Gasteiger partial charge in [0, 0.05) is 31.7 Å². The Kier molecular flexibility index (Phi) is 5.45. The van der Waals surface area contributed by atoms with Gasteiger partial charge in [-0.05, 0) is 49.7 Å². The first-order valence-corrected chi connectivity index (χ1v) is 11.8. The fourth-order valence-electron chi connectivity index (χ4n) is 4.94. The number of aromatic nitrogens is 2. The number of halogens is 2. The molecule has 1 aliphatic carbocycles. The minimum absolute atomic E-state index is 0.0811. The quantitative estimate of drug-likeness (QED) is 0.562. The molecule has 10 heteroatoms. The van der Waals surface area contributed by atoms with Crippen molar-refractivity contribution in [3.63, 3.8) is 0 Å². The second kappa shape index (κ2) is 8.15. The maximum atomic E-state index is 15.5. The van der Waals surface area contributed by atoms with Crippen LogP contribution in [0.1, 0.15) is 32.2 Å². The van der Waals surface area contributed by atoms with E-state index in [0.717, 1.165) is 30.8 Å². The zero-order valence-electron chi connectivity index (χ0n) is 18.0. The van der Waals surface area contributed by atoms with E-state index in [4.69, 9.17) is 4.74 Å². The average Bonchev–Trinajstić information content (AvgIpc) is 3.37. The first-order valence-electron chi connectivity index (χ1n) is 11.0. The van der Waals surface area contributed by atoms with Gasteiger partial charge in [0.2, 0.25) is 5.43 Å². The standard InChI is InChI=1S/C22H26F2N4O3S/c1-11(25-7-6-23)12-5-8-27(10-12)18-15(24)9-14-17(20(18)31-2)28(13-3-4-13)22-16(19(14)29)21(30)26-32-22/h9,11-13,25H,3-8,10H2,1-2H3,(H,26,30)/t11-,12-/m1/s1. The SMILES string of the molecule is COc1c(N2CC[C@@H]([C@@H](C)NCCF)C2)c(F)cc2c(=O)c3c(=O)[nH]sc3n(C3CC3)c12. The molecule has 0 radical (unpaired) electrons. The van der Waals surface area contributed by atoms with E-state index in [1.54, 1.807) is 0 Å². The van der Waals surface area contributed by atoms with Crippen molar-refractivity contribution < 1.29 is 13.5 Å². The van der Waals surface area contributed by atoms with Gasteiger partial charge >= 0.3 is 0 Å². The topological polar surface area (TPSA) is 79.4 Å². The molecule has 0 bridgehead atoms. The van der Waals surface area contributed by atoms with Crippen LogP contribution in [0.5, 0.6) is 5.75 Å². The molecule has 2 fully saturated rings. The Labute approximate surface area is 187 Å². The van der Waals surface area contributed by atoms with Crippen LogP contribution in [0.15, 0.2) is 15.7 Å². The summed E-state index contributed by atoms with van der Waals surface area (Å²) in [7, 11) is 1.49. The molecule has 0 amide bonds. The summed E-state index contributed by atoms with van der Waals surface area (Å²) in [6.07, 6.45) is 2.70. The monoisotopic (exact) mass is 464 g/mol. The summed E-state index contributed by atoms with van der Waals surface area (Å²) in [6, 6.07) is 1.51. The van der Waals surface area contributed by atoms with Gasteiger partial charge < -0.3 is 19.5 Å². The molecule has 0 spiro atoms. The highest BCUT2D eigenvalue weighted by atomic mass is 32.1. The highest BCUT2D eigenvalue weighted by molar-refractivity contribution is 7.12. The van der Waals surface area contributed by atoms with Gasteiger partial charge in [0.25, 0.3) is 5.56 Å². The second-order valence-corrected chi connectivity index (χ2v) is 9.50. The van der Waals surface area contributed by atoms with Gasteiger partial charge in [-0.25, -0.2) is 8.78 Å². The number of ether oxygens (including phenoxy) is 1. The minimum Gasteiger partial charge on any atom is -0.492 e. The lowest BCUT2D eigenvalue weighted by Gasteiger charge is -2.26. The molecule has 5 rings (SSSR count). The second-order valence-electron chi connectivity index (χ2n) is 8.71. The van der Waals surface area contributed by atoms with Crippen LogP contribution < -0.4 is 25.9 Å². The fourth-order valence-corrected chi connectivity index (χ4v) is 5.85. The Morgan fingerprint density at radius 3 is 2.81 bits per heavy atom. The van der Waals surface area contributed by atoms with Crippen LogP contribution in [0, 0.1) is 11.7 Å². The third-order valence-corrected chi connectivity index (χ3v) is 7.60. The van der Waals surface area contributed by atoms with Crippen molar-refractivity contribution in [2.75, 3.05) is 38.3 Å². The molecule has 1 saturated heterocycles. The summed E-state index contributed by atoms with van der Waals surface area (Å²) in [5.41, 5.74) is -0.0178. The number of pyridine rings is 1. The number of nitrogens with zero attached hydrogens (tertiary/aromatic N) is 2. The molecule has 1 saturated carbocycles. The van der Waals surface area contributed by atoms with Crippen molar-refractivity contribution in [2.45, 2.75) is 38.3 Å². The molecule has 1 aliphatic heterocycles. The third-order valence-electron chi connectivity index (χ3n) is 6.72. The number of hydrogen-bond acceptors (Lipinski definition) is 6. The number of methoxy groups -OCH3 is 1. The molecule has 3 heterocycles. The highest BCUT2D eigenvalue weighted by Crippen LogP contribution is 2.46. The van der Waals surface area contributed by atoms with Crippen LogP contribution in [-0.2, 0) is 0 Å². The van der Waals surface area contributed by atoms with Gasteiger partial charge in [-0.1, -0.05) is 0 Å². The van der Waals surface area contributed by atoms with Crippen LogP contribution in [0.2, 0.25) is 0 Å². The third kappa shape index (κ3) is 3.31. The molecule has 2 atom stereocenters. The van der Waals surface area contributed by atoms with Gasteiger partial charge in [-0.3, -0.25) is 14.0 Å². The predicted molar refractivity (Wildman–Crippen MR) is 123 cm³/mol. The van der Waals surface area contributed by atoms with E-state index < -0.39 is 23.5 Å². The van der Waals surface area contributed by atoms with Gasteiger partial charge in [0.05, 0.1) is 18.0 Å². The van der Waals surface area contributed by atoms with Crippen LogP contribution in [0.25, 0.3) is 21.1 Å². The van der Waals surface area contributed by atoms with Gasteiger partial charge in [-0.15, -0.1) is 0 Å². The van der Waals surface area contributed by atoms with Crippen molar-refractivity contribution in [1.82, 2.24) is 14.3 Å². The number of H-pyrrole nitrogens is 1. The minimum atomic E-state index is -0.537. The summed E-state index contributed by atoms with van der Waals surface area (Å²) in [5.74, 6) is 0.0333. The van der Waals surface area contributed by atoms with Crippen molar-refractivity contribution in [2.24, 2.45) is 5.92 Å². The molecule has 172 valence electrons. The lowest BCUT2D eigenvalue weighted by atomic mass is 10.0. The van der Waals surface area contributed by atoms with E-state index in [9.17, 15) is 14.0 Å². The van der Waals surface area contributed by atoms with Crippen LogP contribution >= 0.6 is 11.5 Å². The molecule has 7 nitrogen and oxygen atoms in total. The van der Waals surface area contributed by atoms with Crippen LogP contribution in [-0.4, -0.2) is 48.4 Å². The number of benzene rings is 1. The van der Waals surface area contributed by atoms with Crippen molar-refractivity contribution in [3.05, 3.63) is 32.5 Å². The number of hydrogen-bond donors (Lipinski definition) is 2. The molecule has 2 N–H and O–H groups in total. The van der Waals surface area contributed by atoms with E-state index in [1.807, 2.05) is 16.4 Å². The Hall–Kier alpha value is -2.46. The molecule has 2 aromatic heterocycles. The van der Waals surface area contributed by atoms with Gasteiger partial charge in [0.1, 0.15) is 22.6 Å². The summed E-state index contributed by atoms with van der Waals surface area (Å²) in [5, 5.41) is 3.43. The molecular weight excluding hydrogens is 438 g/mol. The molecule has 3 aromatic rings. The number of anilines is 1. The van der Waals surface area contributed by atoms with E-state index >= 15 is 4.39 Å². The van der Waals surface area contributed by atoms with Crippen LogP contribution in [0.3, 0.4) is 0 Å². The number of aromatic amines is 1. The van der Waals surface area contributed by atoms with Gasteiger partial charge in [-0.2, -0.15) is 0 Å². The average molecular weight is 465 g/mol. The maximum absolute atomic E-state index is 15.5. The number of fused-ring (bicyclic) bond motifs is 2. The van der Waals surface area contributed by atoms with Crippen molar-refractivity contribution in [1.29, 1.82) is 0 Å².